The first-order valence-corrected chi connectivity index (χ1v) is 5.77. The molecule has 1 radical (unpaired) electrons. The Morgan fingerprint density at radius 3 is 2.87 bits per heavy atom. The SMILES string of the molecule is Cc1noc(C)c1CSc1[c]cccc1. The zero-order valence-electron chi connectivity index (χ0n) is 8.78. The summed E-state index contributed by atoms with van der Waals surface area (Å²) in [6, 6.07) is 11.2. The largest absolute Gasteiger partial charge is 0.361 e. The molecule has 0 aliphatic rings. The first-order chi connectivity index (χ1) is 7.27. The first kappa shape index (κ1) is 10.3. The van der Waals surface area contributed by atoms with Gasteiger partial charge in [0.05, 0.1) is 5.69 Å². The van der Waals surface area contributed by atoms with Gasteiger partial charge in [0.15, 0.2) is 0 Å². The molecule has 0 spiro atoms. The summed E-state index contributed by atoms with van der Waals surface area (Å²) in [7, 11) is 0. The highest BCUT2D eigenvalue weighted by Gasteiger charge is 2.08. The molecule has 0 aliphatic carbocycles. The van der Waals surface area contributed by atoms with Gasteiger partial charge in [-0.1, -0.05) is 23.4 Å². The second-order valence-electron chi connectivity index (χ2n) is 3.32. The monoisotopic (exact) mass is 218 g/mol. The summed E-state index contributed by atoms with van der Waals surface area (Å²) in [6.45, 7) is 3.92. The molecule has 0 unspecified atom stereocenters. The van der Waals surface area contributed by atoms with E-state index in [4.69, 9.17) is 4.52 Å². The van der Waals surface area contributed by atoms with Crippen LogP contribution in [0.4, 0.5) is 0 Å². The molecule has 0 aliphatic heterocycles. The zero-order chi connectivity index (χ0) is 10.7. The van der Waals surface area contributed by atoms with E-state index in [2.05, 4.69) is 17.3 Å². The second-order valence-corrected chi connectivity index (χ2v) is 4.34. The van der Waals surface area contributed by atoms with Gasteiger partial charge in [-0.05, 0) is 26.0 Å². The average molecular weight is 218 g/mol. The fraction of sp³-hybridized carbons (Fsp3) is 0.250. The van der Waals surface area contributed by atoms with E-state index in [0.717, 1.165) is 22.1 Å². The van der Waals surface area contributed by atoms with Crippen molar-refractivity contribution >= 4 is 11.8 Å². The highest BCUT2D eigenvalue weighted by atomic mass is 32.2. The molecule has 0 amide bonds. The Labute approximate surface area is 93.7 Å². The van der Waals surface area contributed by atoms with Gasteiger partial charge in [-0.3, -0.25) is 0 Å². The number of thioether (sulfide) groups is 1. The van der Waals surface area contributed by atoms with Crippen LogP contribution in [0.25, 0.3) is 0 Å². The summed E-state index contributed by atoms with van der Waals surface area (Å²) >= 11 is 1.75. The fourth-order valence-electron chi connectivity index (χ4n) is 1.32. The van der Waals surface area contributed by atoms with Crippen LogP contribution >= 0.6 is 11.8 Å². The van der Waals surface area contributed by atoms with Crippen LogP contribution in [0.3, 0.4) is 0 Å². The summed E-state index contributed by atoms with van der Waals surface area (Å²) in [4.78, 5) is 1.15. The molecular weight excluding hydrogens is 206 g/mol. The number of aryl methyl sites for hydroxylation is 2. The molecule has 0 fully saturated rings. The Morgan fingerprint density at radius 2 is 2.27 bits per heavy atom. The van der Waals surface area contributed by atoms with E-state index in [1.165, 1.54) is 5.56 Å². The van der Waals surface area contributed by atoms with Crippen LogP contribution in [0.15, 0.2) is 33.7 Å². The van der Waals surface area contributed by atoms with Crippen molar-refractivity contribution in [2.24, 2.45) is 0 Å². The molecule has 2 aromatic rings. The second kappa shape index (κ2) is 4.53. The normalized spacial score (nSPS) is 10.5. The van der Waals surface area contributed by atoms with Crippen LogP contribution < -0.4 is 0 Å². The number of benzene rings is 1. The number of rotatable bonds is 3. The first-order valence-electron chi connectivity index (χ1n) is 4.78. The van der Waals surface area contributed by atoms with E-state index in [-0.39, 0.29) is 0 Å². The fourth-order valence-corrected chi connectivity index (χ4v) is 2.36. The quantitative estimate of drug-likeness (QED) is 0.739. The van der Waals surface area contributed by atoms with Gasteiger partial charge in [-0.25, -0.2) is 0 Å². The van der Waals surface area contributed by atoms with Crippen molar-refractivity contribution in [2.75, 3.05) is 0 Å². The molecule has 2 nitrogen and oxygen atoms in total. The maximum absolute atomic E-state index is 5.11. The van der Waals surface area contributed by atoms with Gasteiger partial charge < -0.3 is 4.52 Å². The van der Waals surface area contributed by atoms with Gasteiger partial charge in [0.25, 0.3) is 0 Å². The predicted molar refractivity (Wildman–Crippen MR) is 60.8 cm³/mol. The molecule has 1 aromatic carbocycles. The standard InChI is InChI=1S/C12H12NOS/c1-9-12(10(2)14-13-9)8-15-11-6-4-3-5-7-11/h3-6H,8H2,1-2H3. The van der Waals surface area contributed by atoms with E-state index in [1.807, 2.05) is 32.0 Å². The molecule has 2 rings (SSSR count). The Kier molecular flexibility index (Phi) is 3.11. The van der Waals surface area contributed by atoms with Gasteiger partial charge in [0.1, 0.15) is 5.76 Å². The lowest BCUT2D eigenvalue weighted by Crippen LogP contribution is -1.84. The van der Waals surface area contributed by atoms with Crippen molar-refractivity contribution in [1.29, 1.82) is 0 Å². The van der Waals surface area contributed by atoms with Crippen LogP contribution in [0, 0.1) is 19.9 Å². The van der Waals surface area contributed by atoms with Crippen molar-refractivity contribution in [3.8, 4) is 0 Å². The Morgan fingerprint density at radius 1 is 1.40 bits per heavy atom. The summed E-state index contributed by atoms with van der Waals surface area (Å²) in [5.74, 6) is 1.80. The van der Waals surface area contributed by atoms with Crippen molar-refractivity contribution < 1.29 is 4.52 Å². The van der Waals surface area contributed by atoms with Gasteiger partial charge in [-0.15, -0.1) is 11.8 Å². The molecular formula is C12H12NOS. The highest BCUT2D eigenvalue weighted by Crippen LogP contribution is 2.25. The van der Waals surface area contributed by atoms with E-state index >= 15 is 0 Å². The third kappa shape index (κ3) is 2.42. The summed E-state index contributed by atoms with van der Waals surface area (Å²) in [5, 5.41) is 3.93. The Hall–Kier alpha value is -1.22. The smallest absolute Gasteiger partial charge is 0.137 e. The van der Waals surface area contributed by atoms with Crippen LogP contribution in [-0.2, 0) is 5.75 Å². The molecule has 0 N–H and O–H groups in total. The van der Waals surface area contributed by atoms with Crippen LogP contribution in [0.1, 0.15) is 17.0 Å². The van der Waals surface area contributed by atoms with Crippen molar-refractivity contribution in [3.63, 3.8) is 0 Å². The maximum atomic E-state index is 5.11. The summed E-state index contributed by atoms with van der Waals surface area (Å²) in [5.41, 5.74) is 2.17. The van der Waals surface area contributed by atoms with E-state index < -0.39 is 0 Å². The lowest BCUT2D eigenvalue weighted by Gasteiger charge is -1.99. The number of nitrogens with zero attached hydrogens (tertiary/aromatic N) is 1. The van der Waals surface area contributed by atoms with E-state index in [9.17, 15) is 0 Å². The maximum Gasteiger partial charge on any atom is 0.137 e. The average Bonchev–Trinajstić information content (AvgIpc) is 2.58. The topological polar surface area (TPSA) is 26.0 Å². The predicted octanol–water partition coefficient (Wildman–Crippen LogP) is 3.38. The zero-order valence-corrected chi connectivity index (χ0v) is 9.60. The molecule has 1 aromatic heterocycles. The molecule has 0 atom stereocenters. The minimum Gasteiger partial charge on any atom is -0.361 e. The van der Waals surface area contributed by atoms with Crippen molar-refractivity contribution in [3.05, 3.63) is 47.3 Å². The van der Waals surface area contributed by atoms with E-state index in [1.54, 1.807) is 11.8 Å². The van der Waals surface area contributed by atoms with Gasteiger partial charge in [0, 0.05) is 16.2 Å². The minimum atomic E-state index is 0.891. The number of hydrogen-bond donors (Lipinski definition) is 0. The minimum absolute atomic E-state index is 0.891. The third-order valence-corrected chi connectivity index (χ3v) is 3.23. The molecule has 0 saturated heterocycles. The Balaban J connectivity index is 2.05. The highest BCUT2D eigenvalue weighted by molar-refractivity contribution is 7.98. The Bertz CT molecular complexity index is 417. The van der Waals surface area contributed by atoms with Gasteiger partial charge >= 0.3 is 0 Å². The van der Waals surface area contributed by atoms with Crippen LogP contribution in [0.5, 0.6) is 0 Å². The lowest BCUT2D eigenvalue weighted by atomic mass is 10.2. The number of hydrogen-bond acceptors (Lipinski definition) is 3. The summed E-state index contributed by atoms with van der Waals surface area (Å²) in [6.07, 6.45) is 0. The molecule has 77 valence electrons. The molecule has 0 bridgehead atoms. The van der Waals surface area contributed by atoms with Crippen molar-refractivity contribution in [2.45, 2.75) is 24.5 Å². The molecule has 0 saturated carbocycles. The summed E-state index contributed by atoms with van der Waals surface area (Å²) < 4.78 is 5.11. The van der Waals surface area contributed by atoms with Crippen LogP contribution in [-0.4, -0.2) is 5.16 Å². The molecule has 15 heavy (non-hydrogen) atoms. The van der Waals surface area contributed by atoms with Gasteiger partial charge in [0.2, 0.25) is 0 Å². The molecule has 3 heteroatoms. The lowest BCUT2D eigenvalue weighted by molar-refractivity contribution is 0.392. The van der Waals surface area contributed by atoms with Crippen molar-refractivity contribution in [1.82, 2.24) is 5.16 Å². The van der Waals surface area contributed by atoms with Gasteiger partial charge in [-0.2, -0.15) is 0 Å². The van der Waals surface area contributed by atoms with Crippen LogP contribution in [0.2, 0.25) is 0 Å². The number of aromatic nitrogens is 1. The third-order valence-electron chi connectivity index (χ3n) is 2.23. The van der Waals surface area contributed by atoms with E-state index in [0.29, 0.717) is 0 Å². The molecule has 1 heterocycles.